The fourth-order valence-corrected chi connectivity index (χ4v) is 4.59. The molecule has 1 aromatic rings. The summed E-state index contributed by atoms with van der Waals surface area (Å²) in [5, 5.41) is 10.7. The Bertz CT molecular complexity index is 799. The van der Waals surface area contributed by atoms with Crippen LogP contribution in [0.1, 0.15) is 25.3 Å². The molecule has 0 N–H and O–H groups in total. The van der Waals surface area contributed by atoms with E-state index in [-0.39, 0.29) is 40.7 Å². The molecule has 0 aliphatic carbocycles. The van der Waals surface area contributed by atoms with Gasteiger partial charge in [-0.25, -0.2) is 4.79 Å². The number of likely N-dealkylation sites (N-methyl/N-ethyl adjacent to an activating group) is 1. The molecule has 0 radical (unpaired) electrons. The summed E-state index contributed by atoms with van der Waals surface area (Å²) in [6.45, 7) is 1.87. The maximum Gasteiger partial charge on any atom is 0.410 e. The standard InChI is InChI=1S/C18H21N3O6S/c1-11(22)28-14-7-16(15-8-17(23)19(15)2)20(9-14)18(24)27-10-12-3-5-13(6-4-12)21(25)26/h3-6,14-16H,7-10H2,1-2H3/t14-,15?,16-/m0/s1. The summed E-state index contributed by atoms with van der Waals surface area (Å²) in [4.78, 5) is 49.2. The molecule has 2 fully saturated rings. The summed E-state index contributed by atoms with van der Waals surface area (Å²) < 4.78 is 5.40. The SMILES string of the molecule is CC(=O)S[C@H]1C[C@@H](C2CC(=O)N2C)N(C(=O)OCc2ccc([N+](=O)[O-])cc2)C1. The van der Waals surface area contributed by atoms with Crippen molar-refractivity contribution in [1.82, 2.24) is 9.80 Å². The van der Waals surface area contributed by atoms with Crippen LogP contribution in [0.4, 0.5) is 10.5 Å². The summed E-state index contributed by atoms with van der Waals surface area (Å²) in [5.41, 5.74) is 0.608. The number of hydrogen-bond donors (Lipinski definition) is 0. The van der Waals surface area contributed by atoms with Gasteiger partial charge in [-0.1, -0.05) is 11.8 Å². The molecular formula is C18H21N3O6S. The number of thioether (sulfide) groups is 1. The molecule has 3 atom stereocenters. The van der Waals surface area contributed by atoms with Gasteiger partial charge in [-0.05, 0) is 24.1 Å². The largest absolute Gasteiger partial charge is 0.445 e. The highest BCUT2D eigenvalue weighted by atomic mass is 32.2. The first-order valence-electron chi connectivity index (χ1n) is 8.86. The van der Waals surface area contributed by atoms with Gasteiger partial charge in [0.1, 0.15) is 6.61 Å². The average molecular weight is 407 g/mol. The number of carbonyl (C=O) groups is 3. The highest BCUT2D eigenvalue weighted by Crippen LogP contribution is 2.35. The Morgan fingerprint density at radius 1 is 1.29 bits per heavy atom. The number of ether oxygens (including phenoxy) is 1. The predicted octanol–water partition coefficient (Wildman–Crippen LogP) is 2.18. The number of nitro groups is 1. The lowest BCUT2D eigenvalue weighted by molar-refractivity contribution is -0.384. The van der Waals surface area contributed by atoms with Crippen LogP contribution in [0.5, 0.6) is 0 Å². The van der Waals surface area contributed by atoms with Gasteiger partial charge in [-0.15, -0.1) is 0 Å². The van der Waals surface area contributed by atoms with Crippen molar-refractivity contribution < 1.29 is 24.0 Å². The molecule has 28 heavy (non-hydrogen) atoms. The van der Waals surface area contributed by atoms with Crippen molar-refractivity contribution in [3.63, 3.8) is 0 Å². The zero-order chi connectivity index (χ0) is 20.4. The van der Waals surface area contributed by atoms with Crippen LogP contribution < -0.4 is 0 Å². The number of β-lactam (4-membered cyclic amide) rings is 1. The molecule has 1 unspecified atom stereocenters. The number of carbonyl (C=O) groups excluding carboxylic acids is 3. The van der Waals surface area contributed by atoms with Gasteiger partial charge in [0.05, 0.1) is 17.0 Å². The van der Waals surface area contributed by atoms with Crippen LogP contribution in [0.3, 0.4) is 0 Å². The van der Waals surface area contributed by atoms with Gasteiger partial charge in [-0.2, -0.15) is 0 Å². The van der Waals surface area contributed by atoms with Crippen LogP contribution in [0.25, 0.3) is 0 Å². The molecule has 2 aliphatic heterocycles. The lowest BCUT2D eigenvalue weighted by Gasteiger charge is -2.43. The van der Waals surface area contributed by atoms with Crippen molar-refractivity contribution in [1.29, 1.82) is 0 Å². The number of likely N-dealkylation sites (tertiary alicyclic amines) is 2. The van der Waals surface area contributed by atoms with E-state index in [9.17, 15) is 24.5 Å². The first kappa shape index (κ1) is 20.1. The van der Waals surface area contributed by atoms with Gasteiger partial charge in [0.15, 0.2) is 5.12 Å². The van der Waals surface area contributed by atoms with E-state index in [4.69, 9.17) is 4.74 Å². The van der Waals surface area contributed by atoms with Crippen LogP contribution in [0.2, 0.25) is 0 Å². The Balaban J connectivity index is 1.64. The average Bonchev–Trinajstić information content (AvgIpc) is 3.06. The zero-order valence-corrected chi connectivity index (χ0v) is 16.4. The van der Waals surface area contributed by atoms with E-state index < -0.39 is 11.0 Å². The van der Waals surface area contributed by atoms with Gasteiger partial charge < -0.3 is 14.5 Å². The first-order valence-corrected chi connectivity index (χ1v) is 9.74. The molecule has 0 bridgehead atoms. The third kappa shape index (κ3) is 4.27. The molecule has 9 nitrogen and oxygen atoms in total. The molecule has 2 amide bonds. The van der Waals surface area contributed by atoms with Crippen LogP contribution >= 0.6 is 11.8 Å². The molecule has 1 aromatic carbocycles. The van der Waals surface area contributed by atoms with E-state index in [2.05, 4.69) is 0 Å². The van der Waals surface area contributed by atoms with Gasteiger partial charge in [-0.3, -0.25) is 19.7 Å². The lowest BCUT2D eigenvalue weighted by Crippen LogP contribution is -2.59. The summed E-state index contributed by atoms with van der Waals surface area (Å²) >= 11 is 1.20. The van der Waals surface area contributed by atoms with E-state index in [1.807, 2.05) is 0 Å². The summed E-state index contributed by atoms with van der Waals surface area (Å²) in [6, 6.07) is 5.53. The second kappa shape index (κ2) is 8.17. The van der Waals surface area contributed by atoms with Gasteiger partial charge in [0, 0.05) is 44.3 Å². The van der Waals surface area contributed by atoms with E-state index in [1.165, 1.54) is 30.8 Å². The topological polar surface area (TPSA) is 110 Å². The predicted molar refractivity (Wildman–Crippen MR) is 102 cm³/mol. The maximum atomic E-state index is 12.7. The highest BCUT2D eigenvalue weighted by Gasteiger charge is 2.48. The van der Waals surface area contributed by atoms with Crippen molar-refractivity contribution in [3.8, 4) is 0 Å². The van der Waals surface area contributed by atoms with Gasteiger partial charge in [0.2, 0.25) is 5.91 Å². The Hall–Kier alpha value is -2.62. The molecule has 2 aliphatic rings. The fraction of sp³-hybridized carbons (Fsp3) is 0.500. The van der Waals surface area contributed by atoms with Crippen molar-refractivity contribution in [2.24, 2.45) is 0 Å². The van der Waals surface area contributed by atoms with Crippen molar-refractivity contribution in [2.75, 3.05) is 13.6 Å². The minimum atomic E-state index is -0.511. The number of non-ortho nitro benzene ring substituents is 1. The first-order chi connectivity index (χ1) is 13.3. The molecule has 3 rings (SSSR count). The van der Waals surface area contributed by atoms with E-state index in [1.54, 1.807) is 29.0 Å². The van der Waals surface area contributed by atoms with E-state index in [0.29, 0.717) is 24.9 Å². The Morgan fingerprint density at radius 3 is 2.50 bits per heavy atom. The van der Waals surface area contributed by atoms with Gasteiger partial charge >= 0.3 is 6.09 Å². The van der Waals surface area contributed by atoms with Crippen molar-refractivity contribution >= 4 is 34.6 Å². The molecule has 2 heterocycles. The Morgan fingerprint density at radius 2 is 1.96 bits per heavy atom. The second-order valence-corrected chi connectivity index (χ2v) is 8.42. The van der Waals surface area contributed by atoms with Crippen LogP contribution in [-0.2, 0) is 20.9 Å². The second-order valence-electron chi connectivity index (χ2n) is 6.94. The molecule has 10 heteroatoms. The third-order valence-corrected chi connectivity index (χ3v) is 6.11. The normalized spacial score (nSPS) is 24.1. The van der Waals surface area contributed by atoms with Crippen molar-refractivity contribution in [3.05, 3.63) is 39.9 Å². The van der Waals surface area contributed by atoms with Crippen molar-refractivity contribution in [2.45, 2.75) is 43.7 Å². The Labute approximate surface area is 166 Å². The number of nitrogens with zero attached hydrogens (tertiary/aromatic N) is 3. The minimum absolute atomic E-state index is 0.00992. The smallest absolute Gasteiger partial charge is 0.410 e. The molecule has 150 valence electrons. The summed E-state index contributed by atoms with van der Waals surface area (Å²) in [7, 11) is 1.71. The van der Waals surface area contributed by atoms with E-state index in [0.717, 1.165) is 0 Å². The zero-order valence-electron chi connectivity index (χ0n) is 15.6. The van der Waals surface area contributed by atoms with Crippen LogP contribution in [0, 0.1) is 10.1 Å². The highest BCUT2D eigenvalue weighted by molar-refractivity contribution is 8.14. The van der Waals surface area contributed by atoms with E-state index >= 15 is 0 Å². The molecule has 0 spiro atoms. The monoisotopic (exact) mass is 407 g/mol. The molecule has 0 aromatic heterocycles. The van der Waals surface area contributed by atoms with Gasteiger partial charge in [0.25, 0.3) is 5.69 Å². The summed E-state index contributed by atoms with van der Waals surface area (Å²) in [5.74, 6) is 0.0341. The third-order valence-electron chi connectivity index (χ3n) is 5.10. The van der Waals surface area contributed by atoms with Crippen LogP contribution in [0.15, 0.2) is 24.3 Å². The lowest BCUT2D eigenvalue weighted by atomic mass is 9.93. The summed E-state index contributed by atoms with van der Waals surface area (Å²) in [6.07, 6.45) is 0.493. The maximum absolute atomic E-state index is 12.7. The number of rotatable bonds is 5. The number of benzene rings is 1. The quantitative estimate of drug-likeness (QED) is 0.418. The molecule has 0 saturated carbocycles. The molecular weight excluding hydrogens is 386 g/mol. The fourth-order valence-electron chi connectivity index (χ4n) is 3.59. The number of amides is 2. The number of hydrogen-bond acceptors (Lipinski definition) is 7. The Kier molecular flexibility index (Phi) is 5.87. The van der Waals surface area contributed by atoms with Crippen LogP contribution in [-0.4, -0.2) is 62.8 Å². The number of nitro benzene ring substituents is 1. The molecule has 2 saturated heterocycles. The minimum Gasteiger partial charge on any atom is -0.445 e.